The standard InChI is InChI=1S/C12H24ClNO/c1-9(7-12(3,4)5)6-11(15)14-10(2)8-13/h9-10H,6-8H2,1-5H3,(H,14,15). The number of carbonyl (C=O) groups excluding carboxylic acids is 1. The number of nitrogens with one attached hydrogen (secondary N) is 1. The van der Waals surface area contributed by atoms with Crippen molar-refractivity contribution in [1.29, 1.82) is 0 Å². The minimum absolute atomic E-state index is 0.0704. The summed E-state index contributed by atoms with van der Waals surface area (Å²) >= 11 is 5.62. The summed E-state index contributed by atoms with van der Waals surface area (Å²) in [5.74, 6) is 1.01. The van der Waals surface area contributed by atoms with E-state index in [0.29, 0.717) is 18.2 Å². The molecule has 0 bridgehead atoms. The van der Waals surface area contributed by atoms with Crippen LogP contribution >= 0.6 is 11.6 Å². The molecule has 1 amide bonds. The van der Waals surface area contributed by atoms with Gasteiger partial charge < -0.3 is 5.32 Å². The van der Waals surface area contributed by atoms with Crippen LogP contribution in [0, 0.1) is 11.3 Å². The van der Waals surface area contributed by atoms with Crippen LogP contribution in [0.1, 0.15) is 47.5 Å². The molecule has 0 fully saturated rings. The predicted octanol–water partition coefficient (Wildman–Crippen LogP) is 3.19. The summed E-state index contributed by atoms with van der Waals surface area (Å²) in [5, 5.41) is 2.88. The molecule has 0 aromatic carbocycles. The van der Waals surface area contributed by atoms with Crippen molar-refractivity contribution in [3.63, 3.8) is 0 Å². The monoisotopic (exact) mass is 233 g/mol. The first kappa shape index (κ1) is 14.8. The van der Waals surface area contributed by atoms with E-state index in [-0.39, 0.29) is 17.4 Å². The molecule has 0 spiro atoms. The van der Waals surface area contributed by atoms with Gasteiger partial charge in [0, 0.05) is 18.3 Å². The summed E-state index contributed by atoms with van der Waals surface area (Å²) in [6, 6.07) is 0.0704. The number of carbonyl (C=O) groups is 1. The van der Waals surface area contributed by atoms with Crippen molar-refractivity contribution >= 4 is 17.5 Å². The minimum atomic E-state index is 0.0704. The molecule has 0 rings (SSSR count). The normalized spacial score (nSPS) is 15.9. The third-order valence-electron chi connectivity index (χ3n) is 2.13. The summed E-state index contributed by atoms with van der Waals surface area (Å²) < 4.78 is 0. The summed E-state index contributed by atoms with van der Waals surface area (Å²) in [4.78, 5) is 11.5. The maximum atomic E-state index is 11.5. The van der Waals surface area contributed by atoms with Crippen LogP contribution in [-0.2, 0) is 4.79 Å². The number of amides is 1. The van der Waals surface area contributed by atoms with Gasteiger partial charge in [-0.15, -0.1) is 11.6 Å². The molecule has 2 atom stereocenters. The van der Waals surface area contributed by atoms with Crippen molar-refractivity contribution < 1.29 is 4.79 Å². The highest BCUT2D eigenvalue weighted by molar-refractivity contribution is 6.18. The van der Waals surface area contributed by atoms with Gasteiger partial charge in [0.25, 0.3) is 0 Å². The second kappa shape index (κ2) is 6.37. The molecule has 0 aromatic rings. The predicted molar refractivity (Wildman–Crippen MR) is 66.2 cm³/mol. The van der Waals surface area contributed by atoms with Gasteiger partial charge in [0.05, 0.1) is 0 Å². The molecule has 0 saturated heterocycles. The molecule has 0 aliphatic carbocycles. The molecule has 0 heterocycles. The average molecular weight is 234 g/mol. The van der Waals surface area contributed by atoms with Crippen LogP contribution < -0.4 is 5.32 Å². The van der Waals surface area contributed by atoms with Gasteiger partial charge in [0.1, 0.15) is 0 Å². The van der Waals surface area contributed by atoms with Crippen molar-refractivity contribution in [3.8, 4) is 0 Å². The Labute approximate surface area is 98.8 Å². The van der Waals surface area contributed by atoms with Gasteiger partial charge in [-0.2, -0.15) is 0 Å². The number of halogens is 1. The fourth-order valence-electron chi connectivity index (χ4n) is 1.81. The molecule has 0 aromatic heterocycles. The number of hydrogen-bond acceptors (Lipinski definition) is 1. The zero-order valence-corrected chi connectivity index (χ0v) is 11.3. The molecular weight excluding hydrogens is 210 g/mol. The van der Waals surface area contributed by atoms with Gasteiger partial charge in [-0.25, -0.2) is 0 Å². The Kier molecular flexibility index (Phi) is 6.26. The van der Waals surface area contributed by atoms with Crippen molar-refractivity contribution in [3.05, 3.63) is 0 Å². The van der Waals surface area contributed by atoms with E-state index in [1.165, 1.54) is 0 Å². The van der Waals surface area contributed by atoms with Crippen LogP contribution in [0.4, 0.5) is 0 Å². The smallest absolute Gasteiger partial charge is 0.220 e. The molecule has 0 aliphatic heterocycles. The van der Waals surface area contributed by atoms with E-state index in [1.54, 1.807) is 0 Å². The highest BCUT2D eigenvalue weighted by Gasteiger charge is 2.18. The maximum absolute atomic E-state index is 11.5. The maximum Gasteiger partial charge on any atom is 0.220 e. The Morgan fingerprint density at radius 1 is 1.33 bits per heavy atom. The van der Waals surface area contributed by atoms with Crippen molar-refractivity contribution in [2.75, 3.05) is 5.88 Å². The SMILES string of the molecule is CC(CC(=O)NC(C)CCl)CC(C)(C)C. The van der Waals surface area contributed by atoms with Gasteiger partial charge in [0.2, 0.25) is 5.91 Å². The number of rotatable bonds is 5. The lowest BCUT2D eigenvalue weighted by atomic mass is 9.84. The summed E-state index contributed by atoms with van der Waals surface area (Å²) in [6.45, 7) is 10.6. The number of alkyl halides is 1. The fraction of sp³-hybridized carbons (Fsp3) is 0.917. The Morgan fingerprint density at radius 3 is 2.27 bits per heavy atom. The van der Waals surface area contributed by atoms with Crippen molar-refractivity contribution in [2.24, 2.45) is 11.3 Å². The number of hydrogen-bond donors (Lipinski definition) is 1. The molecule has 0 aliphatic rings. The van der Waals surface area contributed by atoms with Crippen molar-refractivity contribution in [2.45, 2.75) is 53.5 Å². The van der Waals surface area contributed by atoms with Gasteiger partial charge in [-0.3, -0.25) is 4.79 Å². The van der Waals surface area contributed by atoms with Gasteiger partial charge in [-0.1, -0.05) is 27.7 Å². The highest BCUT2D eigenvalue weighted by atomic mass is 35.5. The first-order chi connectivity index (χ1) is 6.74. The Hall–Kier alpha value is -0.240. The Bertz CT molecular complexity index is 198. The molecule has 2 nitrogen and oxygen atoms in total. The van der Waals surface area contributed by atoms with Crippen LogP contribution in [-0.4, -0.2) is 17.8 Å². The van der Waals surface area contributed by atoms with Crippen LogP contribution in [0.25, 0.3) is 0 Å². The third-order valence-corrected chi connectivity index (χ3v) is 2.60. The summed E-state index contributed by atoms with van der Waals surface area (Å²) in [6.07, 6.45) is 1.66. The van der Waals surface area contributed by atoms with Crippen LogP contribution in [0.5, 0.6) is 0 Å². The van der Waals surface area contributed by atoms with Crippen LogP contribution in [0.15, 0.2) is 0 Å². The van der Waals surface area contributed by atoms with E-state index in [0.717, 1.165) is 6.42 Å². The Morgan fingerprint density at radius 2 is 1.87 bits per heavy atom. The van der Waals surface area contributed by atoms with E-state index in [9.17, 15) is 4.79 Å². The fourth-order valence-corrected chi connectivity index (χ4v) is 1.88. The first-order valence-electron chi connectivity index (χ1n) is 5.60. The molecule has 90 valence electrons. The highest BCUT2D eigenvalue weighted by Crippen LogP contribution is 2.25. The molecule has 2 unspecified atom stereocenters. The zero-order valence-electron chi connectivity index (χ0n) is 10.6. The van der Waals surface area contributed by atoms with E-state index < -0.39 is 0 Å². The van der Waals surface area contributed by atoms with E-state index in [1.807, 2.05) is 6.92 Å². The molecule has 1 N–H and O–H groups in total. The van der Waals surface area contributed by atoms with E-state index >= 15 is 0 Å². The molecule has 0 radical (unpaired) electrons. The van der Waals surface area contributed by atoms with Crippen molar-refractivity contribution in [1.82, 2.24) is 5.32 Å². The van der Waals surface area contributed by atoms with Gasteiger partial charge >= 0.3 is 0 Å². The quantitative estimate of drug-likeness (QED) is 0.726. The van der Waals surface area contributed by atoms with Crippen LogP contribution in [0.2, 0.25) is 0 Å². The van der Waals surface area contributed by atoms with Gasteiger partial charge in [-0.05, 0) is 24.7 Å². The zero-order chi connectivity index (χ0) is 12.1. The Balaban J connectivity index is 3.87. The minimum Gasteiger partial charge on any atom is -0.352 e. The summed E-state index contributed by atoms with van der Waals surface area (Å²) in [7, 11) is 0. The van der Waals surface area contributed by atoms with Gasteiger partial charge in [0.15, 0.2) is 0 Å². The second-order valence-electron chi connectivity index (χ2n) is 5.70. The second-order valence-corrected chi connectivity index (χ2v) is 6.01. The molecular formula is C12H24ClNO. The molecule has 0 saturated carbocycles. The lowest BCUT2D eigenvalue weighted by Crippen LogP contribution is -2.34. The topological polar surface area (TPSA) is 29.1 Å². The lowest BCUT2D eigenvalue weighted by molar-refractivity contribution is -0.122. The van der Waals surface area contributed by atoms with Crippen LogP contribution in [0.3, 0.4) is 0 Å². The average Bonchev–Trinajstić information content (AvgIpc) is 1.99. The van der Waals surface area contributed by atoms with E-state index in [4.69, 9.17) is 11.6 Å². The largest absolute Gasteiger partial charge is 0.352 e. The first-order valence-corrected chi connectivity index (χ1v) is 6.13. The third kappa shape index (κ3) is 8.73. The molecule has 3 heteroatoms. The van der Waals surface area contributed by atoms with E-state index in [2.05, 4.69) is 33.0 Å². The summed E-state index contributed by atoms with van der Waals surface area (Å²) in [5.41, 5.74) is 0.289. The molecule has 15 heavy (non-hydrogen) atoms. The lowest BCUT2D eigenvalue weighted by Gasteiger charge is -2.23.